The predicted octanol–water partition coefficient (Wildman–Crippen LogP) is 3.62. The number of carbonyl (C=O) groups is 1. The van der Waals surface area contributed by atoms with Crippen LogP contribution in [-0.2, 0) is 11.2 Å². The van der Waals surface area contributed by atoms with Crippen LogP contribution in [0.5, 0.6) is 0 Å². The van der Waals surface area contributed by atoms with Crippen molar-refractivity contribution in [3.05, 3.63) is 53.4 Å². The number of hydrogen-bond donors (Lipinski definition) is 1. The lowest BCUT2D eigenvalue weighted by Gasteiger charge is -2.24. The lowest BCUT2D eigenvalue weighted by atomic mass is 9.85. The summed E-state index contributed by atoms with van der Waals surface area (Å²) in [6.07, 6.45) is 5.39. The Kier molecular flexibility index (Phi) is 5.11. The summed E-state index contributed by atoms with van der Waals surface area (Å²) in [6.45, 7) is 2.55. The Balaban J connectivity index is 1.61. The van der Waals surface area contributed by atoms with E-state index in [1.54, 1.807) is 0 Å². The van der Waals surface area contributed by atoms with E-state index in [1.807, 2.05) is 19.1 Å². The van der Waals surface area contributed by atoms with Gasteiger partial charge in [0.15, 0.2) is 0 Å². The van der Waals surface area contributed by atoms with Gasteiger partial charge >= 0.3 is 0 Å². The summed E-state index contributed by atoms with van der Waals surface area (Å²) in [5, 5.41) is 6.91. The molecule has 0 spiro atoms. The van der Waals surface area contributed by atoms with Crippen molar-refractivity contribution in [1.29, 1.82) is 0 Å². The Hall–Kier alpha value is -2.10. The van der Waals surface area contributed by atoms with E-state index in [2.05, 4.69) is 34.7 Å². The van der Waals surface area contributed by atoms with Crippen LogP contribution in [0.4, 0.5) is 0 Å². The van der Waals surface area contributed by atoms with Gasteiger partial charge in [-0.1, -0.05) is 48.3 Å². The molecular formula is C19H24N2O2. The largest absolute Gasteiger partial charge is 0.361 e. The van der Waals surface area contributed by atoms with Crippen LogP contribution >= 0.6 is 0 Å². The lowest BCUT2D eigenvalue weighted by Crippen LogP contribution is -2.32. The van der Waals surface area contributed by atoms with Gasteiger partial charge in [0.2, 0.25) is 5.91 Å². The maximum Gasteiger partial charge on any atom is 0.227 e. The van der Waals surface area contributed by atoms with Crippen LogP contribution < -0.4 is 5.32 Å². The summed E-state index contributed by atoms with van der Waals surface area (Å²) in [6, 6.07) is 12.4. The van der Waals surface area contributed by atoms with E-state index in [-0.39, 0.29) is 12.3 Å². The van der Waals surface area contributed by atoms with Crippen molar-refractivity contribution in [2.75, 3.05) is 6.54 Å². The molecule has 0 saturated heterocycles. The van der Waals surface area contributed by atoms with Gasteiger partial charge in [0.25, 0.3) is 0 Å². The molecule has 4 heteroatoms. The van der Waals surface area contributed by atoms with Crippen molar-refractivity contribution < 1.29 is 9.32 Å². The minimum absolute atomic E-state index is 0.0000723. The molecule has 1 heterocycles. The van der Waals surface area contributed by atoms with Crippen molar-refractivity contribution in [2.24, 2.45) is 5.92 Å². The molecule has 0 radical (unpaired) electrons. The topological polar surface area (TPSA) is 55.1 Å². The molecule has 1 saturated carbocycles. The van der Waals surface area contributed by atoms with Gasteiger partial charge < -0.3 is 9.84 Å². The van der Waals surface area contributed by atoms with Gasteiger partial charge in [0, 0.05) is 18.5 Å². The third-order valence-corrected chi connectivity index (χ3v) is 4.73. The van der Waals surface area contributed by atoms with Crippen molar-refractivity contribution in [2.45, 2.75) is 44.9 Å². The van der Waals surface area contributed by atoms with Gasteiger partial charge in [-0.25, -0.2) is 0 Å². The number of hydrogen-bond acceptors (Lipinski definition) is 3. The third-order valence-electron chi connectivity index (χ3n) is 4.73. The first-order valence-electron chi connectivity index (χ1n) is 8.46. The fourth-order valence-corrected chi connectivity index (χ4v) is 3.56. The van der Waals surface area contributed by atoms with Gasteiger partial charge in [0.1, 0.15) is 5.76 Å². The van der Waals surface area contributed by atoms with Crippen LogP contribution in [0.25, 0.3) is 0 Å². The molecular weight excluding hydrogens is 288 g/mol. The maximum absolute atomic E-state index is 12.2. The Labute approximate surface area is 137 Å². The van der Waals surface area contributed by atoms with Crippen LogP contribution in [-0.4, -0.2) is 17.6 Å². The molecule has 1 aromatic heterocycles. The summed E-state index contributed by atoms with van der Waals surface area (Å²) in [4.78, 5) is 12.2. The van der Waals surface area contributed by atoms with E-state index in [0.717, 1.165) is 5.69 Å². The zero-order valence-corrected chi connectivity index (χ0v) is 13.6. The number of aromatic nitrogens is 1. The molecule has 0 bridgehead atoms. The number of rotatable bonds is 6. The molecule has 0 unspecified atom stereocenters. The summed E-state index contributed by atoms with van der Waals surface area (Å²) >= 11 is 0. The molecule has 1 aliphatic rings. The van der Waals surface area contributed by atoms with Crippen LogP contribution in [0.2, 0.25) is 0 Å². The second-order valence-corrected chi connectivity index (χ2v) is 6.48. The summed E-state index contributed by atoms with van der Waals surface area (Å²) in [7, 11) is 0. The quantitative estimate of drug-likeness (QED) is 0.886. The monoisotopic (exact) mass is 312 g/mol. The first kappa shape index (κ1) is 15.8. The Morgan fingerprint density at radius 1 is 1.30 bits per heavy atom. The van der Waals surface area contributed by atoms with E-state index in [1.165, 1.54) is 31.2 Å². The molecule has 0 aliphatic heterocycles. The highest BCUT2D eigenvalue weighted by Gasteiger charge is 2.26. The molecule has 4 nitrogen and oxygen atoms in total. The Bertz CT molecular complexity index is 630. The average molecular weight is 312 g/mol. The third kappa shape index (κ3) is 4.21. The molecule has 1 amide bonds. The fraction of sp³-hybridized carbons (Fsp3) is 0.474. The lowest BCUT2D eigenvalue weighted by molar-refractivity contribution is -0.120. The molecule has 122 valence electrons. The fourth-order valence-electron chi connectivity index (χ4n) is 3.56. The number of nitrogens with one attached hydrogen (secondary N) is 1. The molecule has 3 rings (SSSR count). The standard InChI is InChI=1S/C19H24N2O2/c1-14-11-17(23-21-14)12-19(22)20-13-18(16-9-5-6-10-16)15-7-3-2-4-8-15/h2-4,7-8,11,16,18H,5-6,9-10,12-13H2,1H3,(H,20,22)/t18-/m1/s1. The molecule has 1 atom stereocenters. The van der Waals surface area contributed by atoms with Gasteiger partial charge in [-0.3, -0.25) is 4.79 Å². The average Bonchev–Trinajstić information content (AvgIpc) is 3.21. The highest BCUT2D eigenvalue weighted by Crippen LogP contribution is 2.36. The zero-order chi connectivity index (χ0) is 16.1. The SMILES string of the molecule is Cc1cc(CC(=O)NC[C@H](c2ccccc2)C2CCCC2)on1. The van der Waals surface area contributed by atoms with E-state index >= 15 is 0 Å². The number of amides is 1. The second-order valence-electron chi connectivity index (χ2n) is 6.48. The van der Waals surface area contributed by atoms with E-state index in [0.29, 0.717) is 24.1 Å². The van der Waals surface area contributed by atoms with Crippen LogP contribution in [0.3, 0.4) is 0 Å². The van der Waals surface area contributed by atoms with Gasteiger partial charge in [0.05, 0.1) is 12.1 Å². The number of nitrogens with zero attached hydrogens (tertiary/aromatic N) is 1. The highest BCUT2D eigenvalue weighted by atomic mass is 16.5. The van der Waals surface area contributed by atoms with Gasteiger partial charge in [-0.05, 0) is 31.2 Å². The highest BCUT2D eigenvalue weighted by molar-refractivity contribution is 5.78. The van der Waals surface area contributed by atoms with Gasteiger partial charge in [-0.15, -0.1) is 0 Å². The molecule has 2 aromatic rings. The normalized spacial score (nSPS) is 16.4. The summed E-state index contributed by atoms with van der Waals surface area (Å²) < 4.78 is 5.12. The maximum atomic E-state index is 12.2. The zero-order valence-electron chi connectivity index (χ0n) is 13.6. The second kappa shape index (κ2) is 7.44. The smallest absolute Gasteiger partial charge is 0.227 e. The van der Waals surface area contributed by atoms with Crippen molar-refractivity contribution in [1.82, 2.24) is 10.5 Å². The number of aryl methyl sites for hydroxylation is 1. The van der Waals surface area contributed by atoms with Crippen LogP contribution in [0, 0.1) is 12.8 Å². The first-order chi connectivity index (χ1) is 11.2. The molecule has 23 heavy (non-hydrogen) atoms. The van der Waals surface area contributed by atoms with E-state index in [9.17, 15) is 4.79 Å². The summed E-state index contributed by atoms with van der Waals surface area (Å²) in [5.74, 6) is 1.70. The summed E-state index contributed by atoms with van der Waals surface area (Å²) in [5.41, 5.74) is 2.14. The Morgan fingerprint density at radius 3 is 2.70 bits per heavy atom. The molecule has 1 aromatic carbocycles. The molecule has 1 fully saturated rings. The minimum atomic E-state index is 0.0000723. The molecule has 1 aliphatic carbocycles. The van der Waals surface area contributed by atoms with Crippen LogP contribution in [0.15, 0.2) is 40.9 Å². The van der Waals surface area contributed by atoms with Crippen LogP contribution in [0.1, 0.15) is 48.6 Å². The number of benzene rings is 1. The predicted molar refractivity (Wildman–Crippen MR) is 89.1 cm³/mol. The minimum Gasteiger partial charge on any atom is -0.361 e. The van der Waals surface area contributed by atoms with Crippen molar-refractivity contribution in [3.63, 3.8) is 0 Å². The Morgan fingerprint density at radius 2 is 2.04 bits per heavy atom. The van der Waals surface area contributed by atoms with Gasteiger partial charge in [-0.2, -0.15) is 0 Å². The first-order valence-corrected chi connectivity index (χ1v) is 8.46. The number of carbonyl (C=O) groups excluding carboxylic acids is 1. The van der Waals surface area contributed by atoms with E-state index in [4.69, 9.17) is 4.52 Å². The van der Waals surface area contributed by atoms with Crippen molar-refractivity contribution in [3.8, 4) is 0 Å². The molecule has 1 N–H and O–H groups in total. The van der Waals surface area contributed by atoms with E-state index < -0.39 is 0 Å². The van der Waals surface area contributed by atoms with Crippen molar-refractivity contribution >= 4 is 5.91 Å².